The fourth-order valence-electron chi connectivity index (χ4n) is 10.8. The number of hydrogen-bond acceptors (Lipinski definition) is 18. The van der Waals surface area contributed by atoms with Crippen LogP contribution in [0.4, 0.5) is 34.1 Å². The molecule has 0 bridgehead atoms. The van der Waals surface area contributed by atoms with Gasteiger partial charge in [0.25, 0.3) is 17.0 Å². The molecule has 10 N–H and O–H groups in total. The van der Waals surface area contributed by atoms with E-state index in [9.17, 15) is 44.1 Å². The van der Waals surface area contributed by atoms with Crippen LogP contribution in [-0.4, -0.2) is 79.7 Å². The number of amides is 1. The van der Waals surface area contributed by atoms with Crippen molar-refractivity contribution in [2.24, 2.45) is 25.6 Å². The molecule has 1 amide bonds. The van der Waals surface area contributed by atoms with Crippen LogP contribution < -0.4 is 21.9 Å². The monoisotopic (exact) mass is 1360 g/mol. The van der Waals surface area contributed by atoms with E-state index in [0.717, 1.165) is 54.9 Å². The van der Waals surface area contributed by atoms with Crippen LogP contribution in [0.15, 0.2) is 194 Å². The minimum Gasteiger partial charge on any atom is -0.505 e. The standard InChI is InChI=1S/2C23H18N4O5.C12H12N2O.C11H9NO4.BrH/c2*1-12-20(22(29)27(26-12)15-8-7-13-5-6-14(13)11-15)25-24-17-4-2-3-16(21(17)28)18-9-10-19(32-18)23(30)31;1-8-6-12(15)14(13-8)11-5-4-9-2-3-10(9)7-11;12-7-3-1-2-6(10(7)13)8-4-5-9(16-8)11(14)15;/h2*2-4,7-11,26,28H,5-6H2,1H3,(H,30,31);4-5,7H,2-3,6H2,1H3;1-5,13H,12H2,(H,14,15);1H. The van der Waals surface area contributed by atoms with E-state index >= 15 is 0 Å². The van der Waals surface area contributed by atoms with Crippen LogP contribution in [0, 0.1) is 13.8 Å². The molecule has 0 saturated carbocycles. The van der Waals surface area contributed by atoms with Gasteiger partial charge in [-0.3, -0.25) is 24.6 Å². The van der Waals surface area contributed by atoms with E-state index in [1.807, 2.05) is 49.4 Å². The number of aromatic carboxylic acids is 3. The molecule has 27 heteroatoms. The molecule has 96 heavy (non-hydrogen) atoms. The van der Waals surface area contributed by atoms with Gasteiger partial charge in [0.15, 0.2) is 22.9 Å². The molecule has 486 valence electrons. The zero-order valence-electron chi connectivity index (χ0n) is 51.2. The number of benzene rings is 6. The summed E-state index contributed by atoms with van der Waals surface area (Å²) in [7, 11) is 0. The first kappa shape index (κ1) is 65.1. The summed E-state index contributed by atoms with van der Waals surface area (Å²) in [5.41, 5.74) is 18.6. The first-order valence-electron chi connectivity index (χ1n) is 29.6. The molecule has 0 radical (unpaired) electrons. The summed E-state index contributed by atoms with van der Waals surface area (Å²) in [4.78, 5) is 70.1. The van der Waals surface area contributed by atoms with Crippen molar-refractivity contribution in [1.29, 1.82) is 0 Å². The molecule has 0 unspecified atom stereocenters. The molecular formula is C69H58BrN11O15. The molecule has 1 aliphatic heterocycles. The number of furan rings is 3. The number of hydrogen-bond donors (Lipinski definition) is 9. The molecule has 0 saturated heterocycles. The average molecular weight is 1360 g/mol. The Morgan fingerprint density at radius 3 is 1.18 bits per heavy atom. The summed E-state index contributed by atoms with van der Waals surface area (Å²) in [5, 5.41) is 85.7. The molecule has 5 aromatic heterocycles. The number of nitrogens with one attached hydrogen (secondary N) is 2. The van der Waals surface area contributed by atoms with Crippen LogP contribution in [0.1, 0.15) is 89.8 Å². The van der Waals surface area contributed by atoms with Crippen LogP contribution >= 0.6 is 17.0 Å². The third-order valence-corrected chi connectivity index (χ3v) is 16.2. The molecule has 4 aliphatic rings. The Kier molecular flexibility index (Phi) is 18.3. The molecule has 6 aromatic carbocycles. The Morgan fingerprint density at radius 1 is 0.469 bits per heavy atom. The predicted octanol–water partition coefficient (Wildman–Crippen LogP) is 13.7. The van der Waals surface area contributed by atoms with E-state index in [2.05, 4.69) is 47.9 Å². The van der Waals surface area contributed by atoms with Gasteiger partial charge in [-0.2, -0.15) is 5.10 Å². The Hall–Kier alpha value is -12.4. The van der Waals surface area contributed by atoms with E-state index in [1.165, 1.54) is 103 Å². The number of azo groups is 2. The first-order valence-corrected chi connectivity index (χ1v) is 29.6. The van der Waals surface area contributed by atoms with Crippen molar-refractivity contribution in [3.05, 3.63) is 228 Å². The second kappa shape index (κ2) is 27.1. The smallest absolute Gasteiger partial charge is 0.371 e. The molecule has 0 spiro atoms. The summed E-state index contributed by atoms with van der Waals surface area (Å²) in [5.74, 6) is -4.14. The number of H-pyrrole nitrogens is 2. The summed E-state index contributed by atoms with van der Waals surface area (Å²) >= 11 is 0. The van der Waals surface area contributed by atoms with Crippen molar-refractivity contribution in [1.82, 2.24) is 19.6 Å². The zero-order chi connectivity index (χ0) is 66.9. The van der Waals surface area contributed by atoms with E-state index < -0.39 is 17.9 Å². The highest BCUT2D eigenvalue weighted by molar-refractivity contribution is 8.93. The summed E-state index contributed by atoms with van der Waals surface area (Å²) in [6.07, 6.45) is 6.89. The van der Waals surface area contributed by atoms with Gasteiger partial charge in [0.05, 0.1) is 57.2 Å². The topological polar surface area (TPSA) is 396 Å². The van der Waals surface area contributed by atoms with Crippen molar-refractivity contribution in [2.45, 2.75) is 65.7 Å². The second-order valence-electron chi connectivity index (χ2n) is 22.4. The third-order valence-electron chi connectivity index (χ3n) is 16.2. The number of nitrogens with zero attached hydrogens (tertiary/aromatic N) is 8. The quantitative estimate of drug-likeness (QED) is 0.0294. The molecule has 26 nitrogen and oxygen atoms in total. The van der Waals surface area contributed by atoms with Crippen molar-refractivity contribution in [2.75, 3.05) is 10.7 Å². The van der Waals surface area contributed by atoms with Gasteiger partial charge in [-0.05, 0) is 202 Å². The maximum absolute atomic E-state index is 12.9. The number of anilines is 2. The van der Waals surface area contributed by atoms with Gasteiger partial charge >= 0.3 is 17.9 Å². The van der Waals surface area contributed by atoms with Gasteiger partial charge in [0.2, 0.25) is 17.3 Å². The van der Waals surface area contributed by atoms with Crippen molar-refractivity contribution in [3.63, 3.8) is 0 Å². The van der Waals surface area contributed by atoms with E-state index in [1.54, 1.807) is 56.3 Å². The molecule has 3 aliphatic carbocycles. The Bertz CT molecular complexity index is 4910. The summed E-state index contributed by atoms with van der Waals surface area (Å²) < 4.78 is 18.4. The number of halogens is 1. The number of carboxylic acid groups (broad SMARTS) is 3. The molecule has 0 atom stereocenters. The lowest BCUT2D eigenvalue weighted by Crippen LogP contribution is -2.20. The molecule has 11 aromatic rings. The maximum Gasteiger partial charge on any atom is 0.371 e. The number of fused-ring (bicyclic) bond motifs is 3. The number of aromatic nitrogens is 4. The fourth-order valence-corrected chi connectivity index (χ4v) is 10.8. The average Bonchev–Trinajstić information content (AvgIpc) is 1.55. The number of nitrogens with two attached hydrogens (primary N) is 1. The number of carbonyl (C=O) groups excluding carboxylic acids is 1. The maximum atomic E-state index is 12.9. The van der Waals surface area contributed by atoms with Crippen molar-refractivity contribution >= 4 is 80.6 Å². The van der Waals surface area contributed by atoms with Gasteiger partial charge in [-0.1, -0.05) is 36.4 Å². The van der Waals surface area contributed by atoms with Gasteiger partial charge in [-0.25, -0.2) is 28.8 Å². The number of aromatic hydroxyl groups is 3. The number of aromatic amines is 2. The Balaban J connectivity index is 0.000000137. The van der Waals surface area contributed by atoms with Gasteiger partial charge < -0.3 is 49.6 Å². The predicted molar refractivity (Wildman–Crippen MR) is 358 cm³/mol. The van der Waals surface area contributed by atoms with E-state index in [4.69, 9.17) is 34.3 Å². The highest BCUT2D eigenvalue weighted by Gasteiger charge is 2.26. The Morgan fingerprint density at radius 2 is 0.833 bits per heavy atom. The van der Waals surface area contributed by atoms with Crippen LogP contribution in [-0.2, 0) is 43.3 Å². The molecule has 6 heterocycles. The second-order valence-corrected chi connectivity index (χ2v) is 22.4. The van der Waals surface area contributed by atoms with Crippen LogP contribution in [0.25, 0.3) is 45.3 Å². The van der Waals surface area contributed by atoms with E-state index in [-0.39, 0.29) is 125 Å². The van der Waals surface area contributed by atoms with Crippen LogP contribution in [0.5, 0.6) is 17.2 Å². The number of carbonyl (C=O) groups is 4. The fraction of sp³-hybridized carbons (Fsp3) is 0.145. The highest BCUT2D eigenvalue weighted by atomic mass is 79.9. The summed E-state index contributed by atoms with van der Waals surface area (Å²) in [6.45, 7) is 5.33. The van der Waals surface area contributed by atoms with Gasteiger partial charge in [0.1, 0.15) is 34.4 Å². The first-order chi connectivity index (χ1) is 45.7. The number of rotatable bonds is 13. The number of hydrazone groups is 1. The largest absolute Gasteiger partial charge is 0.505 e. The van der Waals surface area contributed by atoms with Crippen LogP contribution in [0.2, 0.25) is 0 Å². The minimum atomic E-state index is -1.21. The highest BCUT2D eigenvalue weighted by Crippen LogP contribution is 2.41. The zero-order valence-corrected chi connectivity index (χ0v) is 52.9. The number of nitrogen functional groups attached to an aromatic ring is 1. The molecule has 0 fully saturated rings. The minimum absolute atomic E-state index is 0. The number of phenolic OH excluding ortho intramolecular Hbond substituents is 3. The number of phenols is 3. The lowest BCUT2D eigenvalue weighted by molar-refractivity contribution is -0.116. The molecular weight excluding hydrogens is 1300 g/mol. The summed E-state index contributed by atoms with van der Waals surface area (Å²) in [6, 6.07) is 40.5. The molecule has 15 rings (SSSR count). The number of para-hydroxylation sites is 3. The lowest BCUT2D eigenvalue weighted by atomic mass is 9.88. The van der Waals surface area contributed by atoms with Crippen LogP contribution in [0.3, 0.4) is 0 Å². The normalized spacial score (nSPS) is 13.1. The van der Waals surface area contributed by atoms with Crippen molar-refractivity contribution < 1.29 is 63.1 Å². The SMILES string of the molecule is Br.CC1=NN(c2ccc3c(c2)CC3)C(=O)C1.Cc1[nH]n(-c2ccc3c(c2)CC3)c(=O)c1N=Nc1cccc(-c2ccc(C(=O)O)o2)c1O.Cc1[nH]n(-c2ccc3c(c2)CC3)c(=O)c1N=Nc1cccc(-c2ccc(C(=O)O)o2)c1O.Nc1cccc(-c2ccc(C(=O)O)o2)c1O. The number of aryl methyl sites for hydroxylation is 8. The Labute approximate surface area is 553 Å². The van der Waals surface area contributed by atoms with Gasteiger partial charge in [0, 0.05) is 5.71 Å². The number of carboxylic acids is 3. The van der Waals surface area contributed by atoms with Gasteiger partial charge in [-0.15, -0.1) is 37.4 Å². The van der Waals surface area contributed by atoms with Crippen molar-refractivity contribution in [3.8, 4) is 62.6 Å². The lowest BCUT2D eigenvalue weighted by Gasteiger charge is -2.21. The third kappa shape index (κ3) is 13.2. The van der Waals surface area contributed by atoms with E-state index in [0.29, 0.717) is 23.4 Å².